The standard InChI is InChI=1S/C12H13N5O2S/c1-7-10(11(18)17(16-7)12(13)20)15-14-8-5-3-4-6-9(8)19-2/h3-6,10H,1-2H3,(H2,13,20)/t10-/m1/s1. The molecule has 0 aliphatic carbocycles. The zero-order valence-corrected chi connectivity index (χ0v) is 11.8. The second-order valence-corrected chi connectivity index (χ2v) is 4.44. The molecule has 0 radical (unpaired) electrons. The number of ether oxygens (including phenoxy) is 1. The van der Waals surface area contributed by atoms with Crippen LogP contribution in [-0.2, 0) is 4.79 Å². The van der Waals surface area contributed by atoms with E-state index in [1.807, 2.05) is 6.07 Å². The fraction of sp³-hybridized carbons (Fsp3) is 0.250. The third-order valence-electron chi connectivity index (χ3n) is 2.67. The van der Waals surface area contributed by atoms with Crippen LogP contribution in [0.3, 0.4) is 0 Å². The Labute approximate surface area is 121 Å². The zero-order chi connectivity index (χ0) is 14.7. The third kappa shape index (κ3) is 2.64. The fourth-order valence-corrected chi connectivity index (χ4v) is 1.81. The van der Waals surface area contributed by atoms with E-state index in [9.17, 15) is 4.79 Å². The molecule has 8 heteroatoms. The molecule has 20 heavy (non-hydrogen) atoms. The minimum absolute atomic E-state index is 0.107. The zero-order valence-electron chi connectivity index (χ0n) is 11.0. The van der Waals surface area contributed by atoms with Crippen molar-refractivity contribution in [1.82, 2.24) is 5.01 Å². The van der Waals surface area contributed by atoms with Crippen molar-refractivity contribution in [1.29, 1.82) is 0 Å². The van der Waals surface area contributed by atoms with Gasteiger partial charge >= 0.3 is 0 Å². The lowest BCUT2D eigenvalue weighted by atomic mass is 10.2. The summed E-state index contributed by atoms with van der Waals surface area (Å²) in [6.07, 6.45) is 0. The van der Waals surface area contributed by atoms with E-state index in [4.69, 9.17) is 22.7 Å². The molecular formula is C12H13N5O2S. The molecule has 0 bridgehead atoms. The van der Waals surface area contributed by atoms with Gasteiger partial charge in [-0.1, -0.05) is 12.1 Å². The topological polar surface area (TPSA) is 92.6 Å². The number of azo groups is 1. The summed E-state index contributed by atoms with van der Waals surface area (Å²) in [4.78, 5) is 12.0. The number of nitrogens with two attached hydrogens (primary N) is 1. The first kappa shape index (κ1) is 14.1. The van der Waals surface area contributed by atoms with E-state index in [-0.39, 0.29) is 5.11 Å². The summed E-state index contributed by atoms with van der Waals surface area (Å²) in [7, 11) is 1.54. The van der Waals surface area contributed by atoms with Crippen molar-refractivity contribution in [3.05, 3.63) is 24.3 Å². The first-order valence-electron chi connectivity index (χ1n) is 5.77. The van der Waals surface area contributed by atoms with E-state index >= 15 is 0 Å². The monoisotopic (exact) mass is 291 g/mol. The normalized spacial score (nSPS) is 18.5. The number of amides is 1. The number of carbonyl (C=O) groups is 1. The molecule has 0 spiro atoms. The van der Waals surface area contributed by atoms with Crippen LogP contribution < -0.4 is 10.5 Å². The number of carbonyl (C=O) groups excluding carboxylic acids is 1. The number of nitrogens with zero attached hydrogens (tertiary/aromatic N) is 4. The second-order valence-electron chi connectivity index (χ2n) is 4.02. The maximum absolute atomic E-state index is 12.0. The predicted molar refractivity (Wildman–Crippen MR) is 78.0 cm³/mol. The van der Waals surface area contributed by atoms with Crippen molar-refractivity contribution >= 4 is 34.6 Å². The Kier molecular flexibility index (Phi) is 4.04. The van der Waals surface area contributed by atoms with Gasteiger partial charge in [0, 0.05) is 0 Å². The van der Waals surface area contributed by atoms with Crippen molar-refractivity contribution in [2.75, 3.05) is 7.11 Å². The molecule has 1 heterocycles. The lowest BCUT2D eigenvalue weighted by molar-refractivity contribution is -0.126. The Hall–Kier alpha value is -2.35. The Bertz CT molecular complexity index is 614. The number of hydrazone groups is 1. The largest absolute Gasteiger partial charge is 0.494 e. The molecule has 2 rings (SSSR count). The van der Waals surface area contributed by atoms with Gasteiger partial charge in [-0.2, -0.15) is 20.3 Å². The Balaban J connectivity index is 2.22. The molecule has 0 aromatic heterocycles. The molecule has 1 aromatic carbocycles. The summed E-state index contributed by atoms with van der Waals surface area (Å²) in [6, 6.07) is 6.31. The van der Waals surface area contributed by atoms with Crippen LogP contribution in [0.25, 0.3) is 0 Å². The van der Waals surface area contributed by atoms with Crippen LogP contribution in [0.5, 0.6) is 5.75 Å². The van der Waals surface area contributed by atoms with Crippen molar-refractivity contribution < 1.29 is 9.53 Å². The van der Waals surface area contributed by atoms with Crippen LogP contribution >= 0.6 is 12.2 Å². The third-order valence-corrected chi connectivity index (χ3v) is 2.84. The molecule has 1 atom stereocenters. The smallest absolute Gasteiger partial charge is 0.282 e. The number of hydrogen-bond donors (Lipinski definition) is 1. The summed E-state index contributed by atoms with van der Waals surface area (Å²) >= 11 is 4.74. The summed E-state index contributed by atoms with van der Waals surface area (Å²) in [5.41, 5.74) is 6.42. The van der Waals surface area contributed by atoms with Gasteiger partial charge in [0.05, 0.1) is 12.8 Å². The van der Waals surface area contributed by atoms with Crippen molar-refractivity contribution in [3.8, 4) is 5.75 Å². The highest BCUT2D eigenvalue weighted by atomic mass is 32.1. The van der Waals surface area contributed by atoms with Crippen molar-refractivity contribution in [3.63, 3.8) is 0 Å². The Morgan fingerprint density at radius 3 is 2.80 bits per heavy atom. The van der Waals surface area contributed by atoms with Crippen LogP contribution in [-0.4, -0.2) is 34.9 Å². The average Bonchev–Trinajstić information content (AvgIpc) is 2.72. The number of rotatable bonds is 3. The molecule has 0 saturated heterocycles. The van der Waals surface area contributed by atoms with E-state index in [2.05, 4.69) is 15.3 Å². The quantitative estimate of drug-likeness (QED) is 0.676. The lowest BCUT2D eigenvalue weighted by Crippen LogP contribution is -2.37. The molecule has 0 unspecified atom stereocenters. The van der Waals surface area contributed by atoms with Crippen LogP contribution in [0.15, 0.2) is 39.6 Å². The van der Waals surface area contributed by atoms with Crippen LogP contribution in [0.2, 0.25) is 0 Å². The van der Waals surface area contributed by atoms with Gasteiger partial charge in [0.25, 0.3) is 5.91 Å². The second kappa shape index (κ2) is 5.74. The maximum atomic E-state index is 12.0. The fourth-order valence-electron chi connectivity index (χ4n) is 1.68. The number of benzene rings is 1. The minimum atomic E-state index is -0.804. The molecule has 0 fully saturated rings. The molecule has 2 N–H and O–H groups in total. The first-order valence-corrected chi connectivity index (χ1v) is 6.17. The van der Waals surface area contributed by atoms with Crippen LogP contribution in [0.1, 0.15) is 6.92 Å². The average molecular weight is 291 g/mol. The number of hydrogen-bond acceptors (Lipinski definition) is 6. The summed E-state index contributed by atoms with van der Waals surface area (Å²) in [5.74, 6) is 0.163. The van der Waals surface area contributed by atoms with Crippen LogP contribution in [0, 0.1) is 0 Å². The maximum Gasteiger partial charge on any atom is 0.282 e. The number of para-hydroxylation sites is 1. The van der Waals surface area contributed by atoms with E-state index in [1.165, 1.54) is 7.11 Å². The SMILES string of the molecule is COc1ccccc1N=N[C@H]1C(=O)N(C(N)=S)N=C1C. The molecule has 1 aromatic rings. The number of thiocarbonyl (C=S) groups is 1. The van der Waals surface area contributed by atoms with Crippen LogP contribution in [0.4, 0.5) is 5.69 Å². The van der Waals surface area contributed by atoms with Gasteiger partial charge in [-0.05, 0) is 31.3 Å². The summed E-state index contributed by atoms with van der Waals surface area (Å²) < 4.78 is 5.15. The molecule has 104 valence electrons. The number of methoxy groups -OCH3 is 1. The molecule has 1 aliphatic rings. The highest BCUT2D eigenvalue weighted by molar-refractivity contribution is 7.80. The van der Waals surface area contributed by atoms with Gasteiger partial charge in [-0.3, -0.25) is 4.79 Å². The first-order chi connectivity index (χ1) is 9.54. The van der Waals surface area contributed by atoms with Crippen molar-refractivity contribution in [2.45, 2.75) is 13.0 Å². The van der Waals surface area contributed by atoms with Gasteiger partial charge in [-0.25, -0.2) is 0 Å². The summed E-state index contributed by atoms with van der Waals surface area (Å²) in [5, 5.41) is 12.8. The van der Waals surface area contributed by atoms with E-state index in [0.29, 0.717) is 17.1 Å². The van der Waals surface area contributed by atoms with Gasteiger partial charge in [0.15, 0.2) is 11.2 Å². The highest BCUT2D eigenvalue weighted by Gasteiger charge is 2.35. The molecule has 1 amide bonds. The van der Waals surface area contributed by atoms with Gasteiger partial charge < -0.3 is 10.5 Å². The van der Waals surface area contributed by atoms with Crippen molar-refractivity contribution in [2.24, 2.45) is 21.1 Å². The van der Waals surface area contributed by atoms with Gasteiger partial charge in [0.1, 0.15) is 11.4 Å². The Morgan fingerprint density at radius 1 is 1.50 bits per heavy atom. The molecule has 0 saturated carbocycles. The lowest BCUT2D eigenvalue weighted by Gasteiger charge is -2.08. The molecule has 7 nitrogen and oxygen atoms in total. The minimum Gasteiger partial charge on any atom is -0.494 e. The predicted octanol–water partition coefficient (Wildman–Crippen LogP) is 1.61. The molecular weight excluding hydrogens is 278 g/mol. The molecule has 1 aliphatic heterocycles. The van der Waals surface area contributed by atoms with E-state index < -0.39 is 11.9 Å². The van der Waals surface area contributed by atoms with Gasteiger partial charge in [-0.15, -0.1) is 0 Å². The van der Waals surface area contributed by atoms with E-state index in [0.717, 1.165) is 5.01 Å². The highest BCUT2D eigenvalue weighted by Crippen LogP contribution is 2.27. The summed E-state index contributed by atoms with van der Waals surface area (Å²) in [6.45, 7) is 1.67. The van der Waals surface area contributed by atoms with E-state index in [1.54, 1.807) is 25.1 Å². The van der Waals surface area contributed by atoms with Gasteiger partial charge in [0.2, 0.25) is 0 Å². The Morgan fingerprint density at radius 2 is 2.20 bits per heavy atom.